The van der Waals surface area contributed by atoms with E-state index in [1.54, 1.807) is 23.1 Å². The number of ketones is 2. The van der Waals surface area contributed by atoms with Crippen LogP contribution < -0.4 is 5.32 Å². The zero-order chi connectivity index (χ0) is 24.5. The van der Waals surface area contributed by atoms with Gasteiger partial charge < -0.3 is 10.2 Å². The highest BCUT2D eigenvalue weighted by Crippen LogP contribution is 2.30. The summed E-state index contributed by atoms with van der Waals surface area (Å²) in [6.45, 7) is 5.54. The van der Waals surface area contributed by atoms with Crippen LogP contribution >= 0.6 is 0 Å². The fraction of sp³-hybridized carbons (Fsp3) is 0.429. The van der Waals surface area contributed by atoms with Crippen molar-refractivity contribution in [3.63, 3.8) is 0 Å². The molecule has 1 N–H and O–H groups in total. The molecule has 7 nitrogen and oxygen atoms in total. The number of hydrogen-bond acceptors (Lipinski definition) is 5. The number of nitrogens with zero attached hydrogens (tertiary/aromatic N) is 2. The molecule has 35 heavy (non-hydrogen) atoms. The summed E-state index contributed by atoms with van der Waals surface area (Å²) in [5.74, 6) is -0.668. The molecule has 1 aliphatic carbocycles. The molecule has 2 amide bonds. The molecule has 0 radical (unpaired) electrons. The lowest BCUT2D eigenvalue weighted by atomic mass is 9.92. The summed E-state index contributed by atoms with van der Waals surface area (Å²) in [4.78, 5) is 53.8. The van der Waals surface area contributed by atoms with Crippen molar-refractivity contribution in [1.29, 1.82) is 0 Å². The van der Waals surface area contributed by atoms with Gasteiger partial charge in [-0.25, -0.2) is 0 Å². The molecule has 0 aromatic heterocycles. The third-order valence-electron chi connectivity index (χ3n) is 7.45. The Kier molecular flexibility index (Phi) is 6.52. The van der Waals surface area contributed by atoms with Gasteiger partial charge in [-0.3, -0.25) is 24.1 Å². The normalized spacial score (nSPS) is 21.3. The van der Waals surface area contributed by atoms with Crippen molar-refractivity contribution in [3.8, 4) is 0 Å². The largest absolute Gasteiger partial charge is 0.346 e. The van der Waals surface area contributed by atoms with Crippen molar-refractivity contribution >= 4 is 23.4 Å². The third-order valence-corrected chi connectivity index (χ3v) is 7.45. The number of Topliss-reactive ketones (excluding diaryl/α,β-unsaturated/α-hetero) is 2. The monoisotopic (exact) mass is 473 g/mol. The molecule has 7 heteroatoms. The Bertz CT molecular complexity index is 1170. The van der Waals surface area contributed by atoms with Crippen LogP contribution in [0.2, 0.25) is 0 Å². The molecule has 2 aromatic carbocycles. The lowest BCUT2D eigenvalue weighted by Gasteiger charge is -2.29. The molecule has 1 unspecified atom stereocenters. The van der Waals surface area contributed by atoms with Gasteiger partial charge in [0.2, 0.25) is 0 Å². The number of carbonyl (C=O) groups excluding carboxylic acids is 4. The van der Waals surface area contributed by atoms with E-state index in [4.69, 9.17) is 0 Å². The van der Waals surface area contributed by atoms with E-state index in [1.165, 1.54) is 18.4 Å². The predicted molar refractivity (Wildman–Crippen MR) is 131 cm³/mol. The van der Waals surface area contributed by atoms with E-state index in [2.05, 4.69) is 34.5 Å². The highest BCUT2D eigenvalue weighted by Gasteiger charge is 2.39. The van der Waals surface area contributed by atoms with Crippen LogP contribution in [0, 0.1) is 0 Å². The van der Waals surface area contributed by atoms with Crippen LogP contribution in [0.4, 0.5) is 0 Å². The summed E-state index contributed by atoms with van der Waals surface area (Å²) in [5, 5.41) is 3.05. The van der Waals surface area contributed by atoms with Crippen LogP contribution in [-0.4, -0.2) is 52.3 Å². The van der Waals surface area contributed by atoms with Crippen molar-refractivity contribution < 1.29 is 19.2 Å². The fourth-order valence-electron chi connectivity index (χ4n) is 5.40. The molecule has 2 aromatic rings. The maximum Gasteiger partial charge on any atom is 0.255 e. The quantitative estimate of drug-likeness (QED) is 0.650. The lowest BCUT2D eigenvalue weighted by Crippen LogP contribution is -2.44. The maximum atomic E-state index is 13.0. The summed E-state index contributed by atoms with van der Waals surface area (Å²) in [5.41, 5.74) is 4.07. The molecule has 2 atom stereocenters. The van der Waals surface area contributed by atoms with E-state index in [0.29, 0.717) is 24.0 Å². The van der Waals surface area contributed by atoms with Gasteiger partial charge in [-0.15, -0.1) is 0 Å². The Morgan fingerprint density at radius 3 is 2.51 bits per heavy atom. The van der Waals surface area contributed by atoms with Gasteiger partial charge >= 0.3 is 0 Å². The molecule has 2 heterocycles. The Labute approximate surface area is 205 Å². The number of likely N-dealkylation sites (tertiary alicyclic amines) is 1. The molecule has 1 saturated heterocycles. The molecule has 2 fully saturated rings. The summed E-state index contributed by atoms with van der Waals surface area (Å²) in [6, 6.07) is 12.8. The van der Waals surface area contributed by atoms with Crippen LogP contribution in [-0.2, 0) is 22.7 Å². The summed E-state index contributed by atoms with van der Waals surface area (Å²) < 4.78 is 0. The van der Waals surface area contributed by atoms with Crippen molar-refractivity contribution in [1.82, 2.24) is 15.1 Å². The number of hydrogen-bond donors (Lipinski definition) is 1. The average Bonchev–Trinajstić information content (AvgIpc) is 3.47. The molecule has 0 bridgehead atoms. The molecule has 0 spiro atoms. The molecular weight excluding hydrogens is 442 g/mol. The van der Waals surface area contributed by atoms with Crippen LogP contribution in [0.25, 0.3) is 0 Å². The van der Waals surface area contributed by atoms with Gasteiger partial charge in [0.1, 0.15) is 5.78 Å². The predicted octanol–water partition coefficient (Wildman–Crippen LogP) is 3.42. The smallest absolute Gasteiger partial charge is 0.255 e. The van der Waals surface area contributed by atoms with Gasteiger partial charge in [-0.05, 0) is 74.2 Å². The zero-order valence-electron chi connectivity index (χ0n) is 20.1. The van der Waals surface area contributed by atoms with E-state index < -0.39 is 6.04 Å². The van der Waals surface area contributed by atoms with Crippen LogP contribution in [0.3, 0.4) is 0 Å². The van der Waals surface area contributed by atoms with Gasteiger partial charge in [0.25, 0.3) is 11.8 Å². The highest BCUT2D eigenvalue weighted by molar-refractivity contribution is 6.08. The Balaban J connectivity index is 1.22. The molecule has 5 rings (SSSR count). The minimum Gasteiger partial charge on any atom is -0.346 e. The average molecular weight is 474 g/mol. The standard InChI is InChI=1S/C28H31N3O4/c1-18(20-6-4-19(5-7-20)16-30-12-2-3-13-30)29-27(34)21-8-10-24-22(14-21)17-31(28(24)35)25-11-9-23(32)15-26(25)33/h4-8,10,14,18,25H,2-3,9,11-13,15-17H2,1H3,(H,29,34)/t18-,25?/m0/s1. The first-order valence-corrected chi connectivity index (χ1v) is 12.5. The maximum absolute atomic E-state index is 13.0. The second kappa shape index (κ2) is 9.74. The number of rotatable bonds is 6. The number of fused-ring (bicyclic) bond motifs is 1. The van der Waals surface area contributed by atoms with E-state index in [-0.39, 0.29) is 42.4 Å². The highest BCUT2D eigenvalue weighted by atomic mass is 16.2. The number of carbonyl (C=O) groups is 4. The van der Waals surface area contributed by atoms with Gasteiger partial charge in [0.05, 0.1) is 18.5 Å². The van der Waals surface area contributed by atoms with Crippen molar-refractivity contribution in [3.05, 3.63) is 70.3 Å². The Hall–Kier alpha value is -3.32. The van der Waals surface area contributed by atoms with E-state index in [9.17, 15) is 19.2 Å². The second-order valence-electron chi connectivity index (χ2n) is 9.96. The number of nitrogens with one attached hydrogen (secondary N) is 1. The van der Waals surface area contributed by atoms with E-state index in [0.717, 1.165) is 30.8 Å². The molecular formula is C28H31N3O4. The SMILES string of the molecule is C[C@H](NC(=O)c1ccc2c(c1)CN(C1CCC(=O)CC1=O)C2=O)c1ccc(CN2CCCC2)cc1. The number of benzene rings is 2. The van der Waals surface area contributed by atoms with Crippen LogP contribution in [0.15, 0.2) is 42.5 Å². The van der Waals surface area contributed by atoms with Crippen LogP contribution in [0.5, 0.6) is 0 Å². The Morgan fingerprint density at radius 2 is 1.80 bits per heavy atom. The first-order chi connectivity index (χ1) is 16.9. The fourth-order valence-corrected chi connectivity index (χ4v) is 5.40. The van der Waals surface area contributed by atoms with Gasteiger partial charge in [-0.2, -0.15) is 0 Å². The van der Waals surface area contributed by atoms with Crippen molar-refractivity contribution in [2.75, 3.05) is 13.1 Å². The topological polar surface area (TPSA) is 86.8 Å². The van der Waals surface area contributed by atoms with E-state index in [1.807, 2.05) is 6.92 Å². The molecule has 182 valence electrons. The zero-order valence-corrected chi connectivity index (χ0v) is 20.1. The second-order valence-corrected chi connectivity index (χ2v) is 9.96. The summed E-state index contributed by atoms with van der Waals surface area (Å²) in [7, 11) is 0. The third kappa shape index (κ3) is 4.91. The van der Waals surface area contributed by atoms with Gasteiger partial charge in [-0.1, -0.05) is 24.3 Å². The Morgan fingerprint density at radius 1 is 1.06 bits per heavy atom. The van der Waals surface area contributed by atoms with Gasteiger partial charge in [0.15, 0.2) is 5.78 Å². The first kappa shape index (κ1) is 23.4. The van der Waals surface area contributed by atoms with Crippen LogP contribution in [0.1, 0.15) is 82.5 Å². The van der Waals surface area contributed by atoms with E-state index >= 15 is 0 Å². The van der Waals surface area contributed by atoms with Gasteiger partial charge in [0, 0.05) is 30.6 Å². The van der Waals surface area contributed by atoms with Crippen molar-refractivity contribution in [2.24, 2.45) is 0 Å². The lowest BCUT2D eigenvalue weighted by molar-refractivity contribution is -0.133. The summed E-state index contributed by atoms with van der Waals surface area (Å²) >= 11 is 0. The van der Waals surface area contributed by atoms with Crippen molar-refractivity contribution in [2.45, 2.75) is 64.2 Å². The summed E-state index contributed by atoms with van der Waals surface area (Å²) in [6.07, 6.45) is 3.14. The first-order valence-electron chi connectivity index (χ1n) is 12.5. The minimum atomic E-state index is -0.557. The molecule has 2 aliphatic heterocycles. The number of amides is 2. The molecule has 3 aliphatic rings. The minimum absolute atomic E-state index is 0.0651. The molecule has 1 saturated carbocycles.